The number of phosphoric ester groups is 3. The monoisotopic (exact) mass is 744 g/mol. The molecule has 0 aliphatic carbocycles. The highest BCUT2D eigenvalue weighted by Gasteiger charge is 2.50. The van der Waals surface area contributed by atoms with Gasteiger partial charge >= 0.3 is 15.6 Å². The maximum Gasteiger partial charge on any atom is 0.481 e. The van der Waals surface area contributed by atoms with Crippen molar-refractivity contribution in [1.82, 2.24) is 24.4 Å². The van der Waals surface area contributed by atoms with E-state index < -0.39 is 91.7 Å². The van der Waals surface area contributed by atoms with Crippen LogP contribution in [-0.2, 0) is 45.8 Å². The first-order valence-electron chi connectivity index (χ1n) is 13.5. The van der Waals surface area contributed by atoms with E-state index in [0.717, 1.165) is 17.2 Å². The average molecular weight is 744 g/mol. The van der Waals surface area contributed by atoms with Crippen molar-refractivity contribution in [2.45, 2.75) is 55.5 Å². The Morgan fingerprint density at radius 1 is 0.979 bits per heavy atom. The number of aromatic nitrogens is 4. The smallest absolute Gasteiger partial charge is 0.481 e. The summed E-state index contributed by atoms with van der Waals surface area (Å²) >= 11 is 0. The minimum atomic E-state index is -5.53. The molecule has 266 valence electrons. The van der Waals surface area contributed by atoms with Crippen molar-refractivity contribution >= 4 is 46.4 Å². The lowest BCUT2D eigenvalue weighted by Crippen LogP contribution is -2.40. The van der Waals surface area contributed by atoms with Crippen LogP contribution in [0.4, 0.5) is 5.82 Å². The number of hydrogen-bond donors (Lipinski definition) is 8. The van der Waals surface area contributed by atoms with Gasteiger partial charge in [0.1, 0.15) is 48.5 Å². The summed E-state index contributed by atoms with van der Waals surface area (Å²) in [6, 6.07) is 0. The van der Waals surface area contributed by atoms with E-state index in [9.17, 15) is 53.4 Å². The van der Waals surface area contributed by atoms with E-state index in [4.69, 9.17) is 20.9 Å². The van der Waals surface area contributed by atoms with Crippen LogP contribution in [0.5, 0.6) is 0 Å². The highest BCUT2D eigenvalue weighted by molar-refractivity contribution is 7.61. The van der Waals surface area contributed by atoms with Gasteiger partial charge in [0, 0.05) is 18.0 Å². The van der Waals surface area contributed by atoms with Crippen molar-refractivity contribution in [1.29, 1.82) is 0 Å². The second kappa shape index (κ2) is 13.9. The minimum absolute atomic E-state index is 0.0162. The highest BCUT2D eigenvalue weighted by Crippen LogP contribution is 2.61. The number of nitrogens with zero attached hydrogens (tertiary/aromatic N) is 5. The Labute approximate surface area is 268 Å². The van der Waals surface area contributed by atoms with Crippen molar-refractivity contribution < 1.29 is 80.7 Å². The van der Waals surface area contributed by atoms with Crippen molar-refractivity contribution in [3.8, 4) is 0 Å². The van der Waals surface area contributed by atoms with Gasteiger partial charge in [-0.15, -0.1) is 0 Å². The lowest BCUT2D eigenvalue weighted by atomic mass is 10.1. The molecular weight excluding hydrogens is 715 g/mol. The van der Waals surface area contributed by atoms with E-state index in [1.54, 1.807) is 0 Å². The maximum absolute atomic E-state index is 12.6. The number of ether oxygens (including phenoxy) is 2. The van der Waals surface area contributed by atoms with Crippen LogP contribution in [0.15, 0.2) is 36.7 Å². The fourth-order valence-electron chi connectivity index (χ4n) is 4.93. The van der Waals surface area contributed by atoms with Gasteiger partial charge in [-0.2, -0.15) is 4.31 Å². The van der Waals surface area contributed by atoms with Crippen molar-refractivity contribution in [2.75, 3.05) is 18.9 Å². The number of nitrogen functional groups attached to an aromatic ring is 1. The third kappa shape index (κ3) is 8.17. The molecule has 0 radical (unpaired) electrons. The van der Waals surface area contributed by atoms with E-state index in [1.807, 2.05) is 0 Å². The zero-order valence-corrected chi connectivity index (χ0v) is 26.7. The first-order chi connectivity index (χ1) is 22.4. The van der Waals surface area contributed by atoms with Crippen LogP contribution in [0.3, 0.4) is 0 Å². The molecule has 2 fully saturated rings. The zero-order chi connectivity index (χ0) is 35.2. The third-order valence-electron chi connectivity index (χ3n) is 7.11. The van der Waals surface area contributed by atoms with E-state index in [0.29, 0.717) is 0 Å². The third-order valence-corrected chi connectivity index (χ3v) is 10.2. The fourth-order valence-corrected chi connectivity index (χ4v) is 7.56. The summed E-state index contributed by atoms with van der Waals surface area (Å²) in [5, 5.41) is 31.5. The number of hydrogen-bond acceptors (Lipinski definition) is 19. The van der Waals surface area contributed by atoms with Crippen LogP contribution < -0.4 is 16.4 Å². The van der Waals surface area contributed by atoms with E-state index >= 15 is 0 Å². The first-order valence-corrected chi connectivity index (χ1v) is 18.0. The molecule has 5 rings (SSSR count). The number of primary amides is 1. The Morgan fingerprint density at radius 3 is 2.23 bits per heavy atom. The molecule has 0 bridgehead atoms. The van der Waals surface area contributed by atoms with Crippen LogP contribution in [0.1, 0.15) is 12.6 Å². The molecule has 1 amide bonds. The summed E-state index contributed by atoms with van der Waals surface area (Å²) in [5.41, 5.74) is 11.2. The number of carbonyl (C=O) groups is 1. The number of fused-ring (bicyclic) bond motifs is 1. The molecule has 3 unspecified atom stereocenters. The van der Waals surface area contributed by atoms with Crippen LogP contribution in [0, 0.1) is 0 Å². The number of anilines is 1. The van der Waals surface area contributed by atoms with Crippen molar-refractivity contribution in [3.63, 3.8) is 0 Å². The van der Waals surface area contributed by atoms with Gasteiger partial charge in [0.2, 0.25) is 5.91 Å². The van der Waals surface area contributed by atoms with Gasteiger partial charge in [-0.1, -0.05) is 6.08 Å². The summed E-state index contributed by atoms with van der Waals surface area (Å²) in [4.78, 5) is 65.4. The van der Waals surface area contributed by atoms with Gasteiger partial charge in [-0.25, -0.2) is 24.1 Å². The molecule has 0 saturated carbocycles. The number of amides is 1. The molecule has 48 heavy (non-hydrogen) atoms. The quantitative estimate of drug-likeness (QED) is 0.0936. The minimum Gasteiger partial charge on any atom is -0.756 e. The van der Waals surface area contributed by atoms with Crippen LogP contribution in [-0.4, -0.2) is 116 Å². The topological polar surface area (TPSA) is 367 Å². The van der Waals surface area contributed by atoms with Gasteiger partial charge in [0.25, 0.3) is 7.82 Å². The Bertz CT molecular complexity index is 1740. The molecule has 3 aliphatic rings. The maximum atomic E-state index is 12.6. The number of aliphatic hydroxyl groups excluding tert-OH is 3. The SMILES string of the molecule is NC(=O)C1=CN([C@@H]2O[C@H](COP(=O)(O)OP(=O)(O)OC[C@H]3O[C@@H](n4cnc5c(N)ncnc54)[C@H](OP(=O)([O-])O)[C@@H]3O)[C@@H](O)[C@H]2O)C=CC1. The summed E-state index contributed by atoms with van der Waals surface area (Å²) in [7, 11) is -16.5. The average Bonchev–Trinajstić information content (AvgIpc) is 3.64. The van der Waals surface area contributed by atoms with Gasteiger partial charge in [-0.05, 0) is 6.42 Å². The molecule has 3 aliphatic heterocycles. The molecule has 0 spiro atoms. The summed E-state index contributed by atoms with van der Waals surface area (Å²) in [6.45, 7) is -2.05. The largest absolute Gasteiger partial charge is 0.756 e. The summed E-state index contributed by atoms with van der Waals surface area (Å²) in [6.07, 6.45) is -6.70. The predicted molar refractivity (Wildman–Crippen MR) is 151 cm³/mol. The molecule has 27 heteroatoms. The molecular formula is C21H29N7O17P3-. The lowest BCUT2D eigenvalue weighted by Gasteiger charge is -2.28. The molecule has 2 aromatic rings. The van der Waals surface area contributed by atoms with Crippen molar-refractivity contribution in [2.24, 2.45) is 5.73 Å². The standard InChI is InChI=1S/C21H30N7O17P3/c22-17-12-19(25-7-24-17)28(8-26-12)21-16(44-46(33,34)35)14(30)11(43-21)6-41-48(38,39)45-47(36,37)40-5-10-13(29)15(31)20(42-10)27-3-1-2-9(4-27)18(23)32/h1,3-4,7-8,10-11,13-16,20-21,29-31H,2,5-6H2,(H2,23,32)(H,36,37)(H,38,39)(H2,22,24,25)(H2,33,34,35)/p-1/t10-,11-,13-,14-,15-,16-,20-,21-/m1/s1. The molecule has 11 atom stereocenters. The molecule has 24 nitrogen and oxygen atoms in total. The first kappa shape index (κ1) is 36.5. The van der Waals surface area contributed by atoms with E-state index in [-0.39, 0.29) is 29.0 Å². The fraction of sp³-hybridized carbons (Fsp3) is 0.524. The normalized spacial score (nSPS) is 32.9. The van der Waals surface area contributed by atoms with Gasteiger partial charge in [-0.3, -0.25) is 23.0 Å². The summed E-state index contributed by atoms with van der Waals surface area (Å²) in [5.74, 6) is -0.806. The zero-order valence-electron chi connectivity index (χ0n) is 24.0. The molecule has 2 saturated heterocycles. The second-order valence-corrected chi connectivity index (χ2v) is 14.6. The second-order valence-electron chi connectivity index (χ2n) is 10.4. The number of carbonyl (C=O) groups excluding carboxylic acids is 1. The number of allylic oxidation sites excluding steroid dienone is 1. The molecule has 0 aromatic carbocycles. The van der Waals surface area contributed by atoms with Crippen molar-refractivity contribution in [3.05, 3.63) is 36.7 Å². The molecule has 10 N–H and O–H groups in total. The Kier molecular flexibility index (Phi) is 10.6. The molecule has 5 heterocycles. The number of nitrogens with two attached hydrogens (primary N) is 2. The van der Waals surface area contributed by atoms with Gasteiger partial charge < -0.3 is 65.3 Å². The number of phosphoric acid groups is 3. The Hall–Kier alpha value is -2.73. The Balaban J connectivity index is 1.20. The van der Waals surface area contributed by atoms with Gasteiger partial charge in [0.05, 0.1) is 19.5 Å². The number of aliphatic hydroxyl groups is 3. The highest BCUT2D eigenvalue weighted by atomic mass is 31.3. The van der Waals surface area contributed by atoms with Gasteiger partial charge in [0.15, 0.2) is 23.9 Å². The Morgan fingerprint density at radius 2 is 1.60 bits per heavy atom. The van der Waals surface area contributed by atoms with E-state index in [1.165, 1.54) is 23.4 Å². The number of rotatable bonds is 13. The number of imidazole rings is 1. The summed E-state index contributed by atoms with van der Waals surface area (Å²) < 4.78 is 66.9. The van der Waals surface area contributed by atoms with Crippen LogP contribution in [0.2, 0.25) is 0 Å². The lowest BCUT2D eigenvalue weighted by molar-refractivity contribution is -0.229. The van der Waals surface area contributed by atoms with Crippen LogP contribution in [0.25, 0.3) is 11.2 Å². The molecule has 2 aromatic heterocycles. The predicted octanol–water partition coefficient (Wildman–Crippen LogP) is -3.20. The van der Waals surface area contributed by atoms with E-state index in [2.05, 4.69) is 32.8 Å². The van der Waals surface area contributed by atoms with Crippen LogP contribution >= 0.6 is 23.5 Å².